The van der Waals surface area contributed by atoms with Crippen molar-refractivity contribution in [2.75, 3.05) is 9.44 Å². The molecule has 29 heavy (non-hydrogen) atoms. The molecule has 0 bridgehead atoms. The van der Waals surface area contributed by atoms with Gasteiger partial charge in [-0.1, -0.05) is 17.7 Å². The van der Waals surface area contributed by atoms with E-state index >= 15 is 0 Å². The molecule has 0 saturated carbocycles. The summed E-state index contributed by atoms with van der Waals surface area (Å²) in [5, 5.41) is 10.3. The molecule has 3 aromatic rings. The van der Waals surface area contributed by atoms with Gasteiger partial charge in [0.2, 0.25) is 0 Å². The van der Waals surface area contributed by atoms with Gasteiger partial charge in [0.1, 0.15) is 11.6 Å². The maximum atomic E-state index is 13.0. The van der Waals surface area contributed by atoms with Crippen LogP contribution in [0.25, 0.3) is 0 Å². The minimum Gasteiger partial charge on any atom is -0.506 e. The Balaban J connectivity index is 1.92. The van der Waals surface area contributed by atoms with Crippen LogP contribution in [0.1, 0.15) is 0 Å². The number of phenols is 1. The molecule has 3 N–H and O–H groups in total. The first-order valence-electron chi connectivity index (χ1n) is 7.97. The lowest BCUT2D eigenvalue weighted by atomic mass is 10.3. The Kier molecular flexibility index (Phi) is 5.69. The Bertz CT molecular complexity index is 1260. The van der Waals surface area contributed by atoms with Gasteiger partial charge in [0.25, 0.3) is 20.0 Å². The molecule has 0 aliphatic rings. The largest absolute Gasteiger partial charge is 0.506 e. The van der Waals surface area contributed by atoms with E-state index in [2.05, 4.69) is 9.44 Å². The lowest BCUT2D eigenvalue weighted by Gasteiger charge is -2.13. The quantitative estimate of drug-likeness (QED) is 0.488. The summed E-state index contributed by atoms with van der Waals surface area (Å²) in [6, 6.07) is 13.1. The van der Waals surface area contributed by atoms with Crippen molar-refractivity contribution in [2.45, 2.75) is 9.79 Å². The third-order valence-electron chi connectivity index (χ3n) is 3.72. The number of benzene rings is 3. The van der Waals surface area contributed by atoms with Gasteiger partial charge in [-0.3, -0.25) is 9.44 Å². The van der Waals surface area contributed by atoms with Crippen molar-refractivity contribution in [1.29, 1.82) is 0 Å². The lowest BCUT2D eigenvalue weighted by molar-refractivity contribution is 0.477. The molecule has 0 heterocycles. The molecule has 3 rings (SSSR count). The average molecular weight is 457 g/mol. The molecule has 3 aromatic carbocycles. The number of hydrogen-bond acceptors (Lipinski definition) is 5. The van der Waals surface area contributed by atoms with E-state index in [4.69, 9.17) is 11.6 Å². The van der Waals surface area contributed by atoms with Crippen molar-refractivity contribution >= 4 is 43.0 Å². The van der Waals surface area contributed by atoms with Gasteiger partial charge in [0.15, 0.2) is 0 Å². The van der Waals surface area contributed by atoms with Gasteiger partial charge in [-0.25, -0.2) is 21.2 Å². The fraction of sp³-hybridized carbons (Fsp3) is 0. The zero-order valence-electron chi connectivity index (χ0n) is 14.5. The minimum absolute atomic E-state index is 0.207. The van der Waals surface area contributed by atoms with Crippen molar-refractivity contribution in [3.05, 3.63) is 77.6 Å². The molecule has 0 fully saturated rings. The summed E-state index contributed by atoms with van der Waals surface area (Å²) in [4.78, 5) is -0.560. The van der Waals surface area contributed by atoms with Crippen LogP contribution < -0.4 is 9.44 Å². The number of aromatic hydroxyl groups is 1. The SMILES string of the molecule is O=S(=O)(Nc1cccc(Cl)c1)c1ccc(O)c(NS(=O)(=O)c2ccc(F)cc2)c1. The molecule has 11 heteroatoms. The van der Waals surface area contributed by atoms with Gasteiger partial charge in [-0.15, -0.1) is 0 Å². The third-order valence-corrected chi connectivity index (χ3v) is 6.72. The highest BCUT2D eigenvalue weighted by molar-refractivity contribution is 7.93. The Labute approximate surface area is 171 Å². The Morgan fingerprint density at radius 3 is 2.07 bits per heavy atom. The summed E-state index contributed by atoms with van der Waals surface area (Å²) in [6.45, 7) is 0. The highest BCUT2D eigenvalue weighted by atomic mass is 35.5. The molecule has 0 aliphatic carbocycles. The number of halogens is 2. The van der Waals surface area contributed by atoms with E-state index in [1.165, 1.54) is 12.1 Å². The second-order valence-electron chi connectivity index (χ2n) is 5.85. The molecule has 0 spiro atoms. The number of rotatable bonds is 6. The fourth-order valence-electron chi connectivity index (χ4n) is 2.35. The van der Waals surface area contributed by atoms with E-state index in [1.54, 1.807) is 12.1 Å². The minimum atomic E-state index is -4.19. The van der Waals surface area contributed by atoms with Gasteiger partial charge >= 0.3 is 0 Å². The summed E-state index contributed by atoms with van der Waals surface area (Å²) in [5.74, 6) is -1.11. The molecule has 0 atom stereocenters. The van der Waals surface area contributed by atoms with E-state index in [0.29, 0.717) is 5.02 Å². The van der Waals surface area contributed by atoms with E-state index in [-0.39, 0.29) is 21.2 Å². The second kappa shape index (κ2) is 7.90. The Morgan fingerprint density at radius 1 is 0.793 bits per heavy atom. The normalized spacial score (nSPS) is 11.8. The monoisotopic (exact) mass is 456 g/mol. The van der Waals surface area contributed by atoms with Crippen LogP contribution in [0.15, 0.2) is 76.5 Å². The first kappa shape index (κ1) is 20.9. The van der Waals surface area contributed by atoms with E-state index < -0.39 is 31.6 Å². The van der Waals surface area contributed by atoms with E-state index in [1.807, 2.05) is 0 Å². The predicted molar refractivity (Wildman–Crippen MR) is 108 cm³/mol. The van der Waals surface area contributed by atoms with Crippen LogP contribution in [-0.4, -0.2) is 21.9 Å². The molecule has 0 saturated heterocycles. The molecule has 0 amide bonds. The van der Waals surface area contributed by atoms with Crippen LogP contribution in [0.5, 0.6) is 5.75 Å². The zero-order chi connectivity index (χ0) is 21.2. The molecule has 0 radical (unpaired) electrons. The first-order chi connectivity index (χ1) is 13.6. The fourth-order valence-corrected chi connectivity index (χ4v) is 4.68. The van der Waals surface area contributed by atoms with Crippen molar-refractivity contribution < 1.29 is 26.3 Å². The van der Waals surface area contributed by atoms with Crippen LogP contribution >= 0.6 is 11.6 Å². The number of sulfonamides is 2. The maximum absolute atomic E-state index is 13.0. The molecular formula is C18H14ClFN2O5S2. The van der Waals surface area contributed by atoms with Gasteiger partial charge in [0, 0.05) is 5.02 Å². The van der Waals surface area contributed by atoms with Crippen molar-refractivity contribution in [2.24, 2.45) is 0 Å². The second-order valence-corrected chi connectivity index (χ2v) is 9.66. The van der Waals surface area contributed by atoms with Crippen LogP contribution in [0.2, 0.25) is 5.02 Å². The smallest absolute Gasteiger partial charge is 0.262 e. The molecule has 152 valence electrons. The molecular weight excluding hydrogens is 443 g/mol. The maximum Gasteiger partial charge on any atom is 0.262 e. The Hall–Kier alpha value is -2.82. The van der Waals surface area contributed by atoms with Crippen LogP contribution in [0.4, 0.5) is 15.8 Å². The number of nitrogens with one attached hydrogen (secondary N) is 2. The van der Waals surface area contributed by atoms with Gasteiger partial charge < -0.3 is 5.11 Å². The molecule has 7 nitrogen and oxygen atoms in total. The van der Waals surface area contributed by atoms with Crippen LogP contribution in [0.3, 0.4) is 0 Å². The van der Waals surface area contributed by atoms with Gasteiger partial charge in [-0.05, 0) is 60.7 Å². The van der Waals surface area contributed by atoms with Crippen molar-refractivity contribution in [3.63, 3.8) is 0 Å². The van der Waals surface area contributed by atoms with E-state index in [0.717, 1.165) is 42.5 Å². The molecule has 0 aromatic heterocycles. The first-order valence-corrected chi connectivity index (χ1v) is 11.3. The highest BCUT2D eigenvalue weighted by Gasteiger charge is 2.20. The highest BCUT2D eigenvalue weighted by Crippen LogP contribution is 2.30. The number of phenolic OH excluding ortho intramolecular Hbond substituents is 1. The summed E-state index contributed by atoms with van der Waals surface area (Å²) in [5.41, 5.74) is -0.151. The van der Waals surface area contributed by atoms with Gasteiger partial charge in [-0.2, -0.15) is 0 Å². The molecule has 0 aliphatic heterocycles. The standard InChI is InChI=1S/C18H14ClFN2O5S2/c19-12-2-1-3-14(10-12)21-29(26,27)16-8-9-18(23)17(11-16)22-28(24,25)15-6-4-13(20)5-7-15/h1-11,21-23H. The summed E-state index contributed by atoms with van der Waals surface area (Å²) in [6.07, 6.45) is 0. The zero-order valence-corrected chi connectivity index (χ0v) is 16.9. The Morgan fingerprint density at radius 2 is 1.41 bits per heavy atom. The van der Waals surface area contributed by atoms with Crippen LogP contribution in [0, 0.1) is 5.82 Å². The summed E-state index contributed by atoms with van der Waals surface area (Å²) >= 11 is 5.84. The van der Waals surface area contributed by atoms with Gasteiger partial charge in [0.05, 0.1) is 21.2 Å². The van der Waals surface area contributed by atoms with Crippen molar-refractivity contribution in [3.8, 4) is 5.75 Å². The van der Waals surface area contributed by atoms with Crippen molar-refractivity contribution in [1.82, 2.24) is 0 Å². The molecule has 0 unspecified atom stereocenters. The predicted octanol–water partition coefficient (Wildman–Crippen LogP) is 3.79. The lowest BCUT2D eigenvalue weighted by Crippen LogP contribution is -2.15. The number of anilines is 2. The van der Waals surface area contributed by atoms with Crippen LogP contribution in [-0.2, 0) is 20.0 Å². The summed E-state index contributed by atoms with van der Waals surface area (Å²) < 4.78 is 67.5. The summed E-state index contributed by atoms with van der Waals surface area (Å²) in [7, 11) is -8.29. The topological polar surface area (TPSA) is 113 Å². The average Bonchev–Trinajstić information content (AvgIpc) is 2.63. The third kappa shape index (κ3) is 4.97. The number of hydrogen-bond donors (Lipinski definition) is 3. The van der Waals surface area contributed by atoms with E-state index in [9.17, 15) is 26.3 Å².